The zero-order valence-electron chi connectivity index (χ0n) is 11.6. The van der Waals surface area contributed by atoms with E-state index in [2.05, 4.69) is 52.6 Å². The Hall–Kier alpha value is -1.71. The molecule has 1 aromatic carbocycles. The van der Waals surface area contributed by atoms with Gasteiger partial charge in [-0.15, -0.1) is 0 Å². The fourth-order valence-corrected chi connectivity index (χ4v) is 2.14. The summed E-state index contributed by atoms with van der Waals surface area (Å²) in [6.45, 7) is 2.80. The predicted molar refractivity (Wildman–Crippen MR) is 78.6 cm³/mol. The van der Waals surface area contributed by atoms with E-state index in [1.165, 1.54) is 16.7 Å². The number of nitrogens with zero attached hydrogens (tertiary/aromatic N) is 2. The first-order valence-corrected chi connectivity index (χ1v) is 6.58. The van der Waals surface area contributed by atoms with Crippen molar-refractivity contribution in [2.24, 2.45) is 0 Å². The number of hydrogen-bond donors (Lipinski definition) is 1. The monoisotopic (exact) mass is 255 g/mol. The van der Waals surface area contributed by atoms with Crippen molar-refractivity contribution >= 4 is 0 Å². The number of benzene rings is 1. The van der Waals surface area contributed by atoms with E-state index < -0.39 is 0 Å². The van der Waals surface area contributed by atoms with E-state index in [9.17, 15) is 0 Å². The van der Waals surface area contributed by atoms with E-state index in [0.29, 0.717) is 0 Å². The van der Waals surface area contributed by atoms with Gasteiger partial charge in [0.1, 0.15) is 0 Å². The molecule has 100 valence electrons. The van der Waals surface area contributed by atoms with Crippen molar-refractivity contribution < 1.29 is 0 Å². The zero-order chi connectivity index (χ0) is 13.5. The first-order valence-electron chi connectivity index (χ1n) is 6.58. The van der Waals surface area contributed by atoms with Gasteiger partial charge in [-0.1, -0.05) is 30.3 Å². The lowest BCUT2D eigenvalue weighted by Crippen LogP contribution is -2.17. The maximum Gasteiger partial charge on any atom is 0.0312 e. The fraction of sp³-hybridized carbons (Fsp3) is 0.312. The van der Waals surface area contributed by atoms with Gasteiger partial charge in [0.05, 0.1) is 0 Å². The second-order valence-corrected chi connectivity index (χ2v) is 4.88. The molecule has 1 N–H and O–H groups in total. The van der Waals surface area contributed by atoms with Gasteiger partial charge in [0.25, 0.3) is 0 Å². The molecule has 2 rings (SSSR count). The Kier molecular flexibility index (Phi) is 5.07. The van der Waals surface area contributed by atoms with Crippen LogP contribution in [0, 0.1) is 0 Å². The second-order valence-electron chi connectivity index (χ2n) is 4.88. The summed E-state index contributed by atoms with van der Waals surface area (Å²) in [5.41, 5.74) is 3.91. The molecule has 0 saturated heterocycles. The molecule has 0 spiro atoms. The van der Waals surface area contributed by atoms with Crippen molar-refractivity contribution in [2.75, 3.05) is 14.1 Å². The number of pyridine rings is 1. The average Bonchev–Trinajstić information content (AvgIpc) is 2.42. The molecule has 2 aromatic rings. The summed E-state index contributed by atoms with van der Waals surface area (Å²) in [5.74, 6) is 0. The van der Waals surface area contributed by atoms with Crippen LogP contribution in [0.3, 0.4) is 0 Å². The second kappa shape index (κ2) is 7.02. The highest BCUT2D eigenvalue weighted by Gasteiger charge is 2.02. The van der Waals surface area contributed by atoms with E-state index in [1.54, 1.807) is 0 Å². The number of hydrogen-bond acceptors (Lipinski definition) is 3. The molecule has 0 saturated carbocycles. The highest BCUT2D eigenvalue weighted by Crippen LogP contribution is 2.09. The molecule has 0 bridgehead atoms. The Labute approximate surface area is 115 Å². The summed E-state index contributed by atoms with van der Waals surface area (Å²) in [6, 6.07) is 12.9. The molecule has 19 heavy (non-hydrogen) atoms. The Balaban J connectivity index is 1.89. The van der Waals surface area contributed by atoms with Crippen LogP contribution in [-0.4, -0.2) is 24.0 Å². The molecule has 0 amide bonds. The fourth-order valence-electron chi connectivity index (χ4n) is 2.14. The lowest BCUT2D eigenvalue weighted by Gasteiger charge is -2.16. The molecular formula is C16H21N3. The lowest BCUT2D eigenvalue weighted by molar-refractivity contribution is 0.318. The summed E-state index contributed by atoms with van der Waals surface area (Å²) >= 11 is 0. The van der Waals surface area contributed by atoms with Crippen molar-refractivity contribution in [1.82, 2.24) is 15.2 Å². The first kappa shape index (κ1) is 13.7. The normalized spacial score (nSPS) is 10.9. The van der Waals surface area contributed by atoms with Crippen molar-refractivity contribution in [1.29, 1.82) is 0 Å². The molecule has 3 heteroatoms. The zero-order valence-corrected chi connectivity index (χ0v) is 11.6. The van der Waals surface area contributed by atoms with Crippen LogP contribution in [0.5, 0.6) is 0 Å². The van der Waals surface area contributed by atoms with Gasteiger partial charge < -0.3 is 5.32 Å². The smallest absolute Gasteiger partial charge is 0.0312 e. The van der Waals surface area contributed by atoms with E-state index in [4.69, 9.17) is 0 Å². The minimum Gasteiger partial charge on any atom is -0.316 e. The summed E-state index contributed by atoms with van der Waals surface area (Å²) in [5, 5.41) is 3.16. The maximum atomic E-state index is 4.14. The molecular weight excluding hydrogens is 234 g/mol. The Morgan fingerprint density at radius 2 is 1.68 bits per heavy atom. The van der Waals surface area contributed by atoms with Crippen LogP contribution in [-0.2, 0) is 19.6 Å². The Bertz CT molecular complexity index is 479. The van der Waals surface area contributed by atoms with Crippen LogP contribution >= 0.6 is 0 Å². The van der Waals surface area contributed by atoms with E-state index in [-0.39, 0.29) is 0 Å². The average molecular weight is 255 g/mol. The Morgan fingerprint density at radius 1 is 1.00 bits per heavy atom. The van der Waals surface area contributed by atoms with Crippen LogP contribution in [0.15, 0.2) is 48.8 Å². The Morgan fingerprint density at radius 3 is 2.32 bits per heavy atom. The quantitative estimate of drug-likeness (QED) is 0.859. The van der Waals surface area contributed by atoms with Gasteiger partial charge in [-0.3, -0.25) is 9.88 Å². The first-order chi connectivity index (χ1) is 9.28. The van der Waals surface area contributed by atoms with Gasteiger partial charge in [-0.2, -0.15) is 0 Å². The molecule has 0 unspecified atom stereocenters. The molecule has 0 aliphatic heterocycles. The minimum atomic E-state index is 0.922. The molecule has 0 aliphatic carbocycles. The third-order valence-corrected chi connectivity index (χ3v) is 3.03. The number of rotatable bonds is 6. The summed E-state index contributed by atoms with van der Waals surface area (Å²) < 4.78 is 0. The van der Waals surface area contributed by atoms with Gasteiger partial charge in [0.15, 0.2) is 0 Å². The third-order valence-electron chi connectivity index (χ3n) is 3.03. The summed E-state index contributed by atoms with van der Waals surface area (Å²) in [7, 11) is 4.10. The standard InChI is InChI=1S/C16H21N3/c1-17-10-14-5-7-15(8-6-14)12-19(2)13-16-4-3-9-18-11-16/h3-9,11,17H,10,12-13H2,1-2H3. The van der Waals surface area contributed by atoms with Gasteiger partial charge in [0.2, 0.25) is 0 Å². The maximum absolute atomic E-state index is 4.14. The number of nitrogens with one attached hydrogen (secondary N) is 1. The van der Waals surface area contributed by atoms with Crippen molar-refractivity contribution in [2.45, 2.75) is 19.6 Å². The molecule has 1 aromatic heterocycles. The van der Waals surface area contributed by atoms with Crippen LogP contribution in [0.4, 0.5) is 0 Å². The van der Waals surface area contributed by atoms with Crippen LogP contribution in [0.1, 0.15) is 16.7 Å². The molecule has 0 atom stereocenters. The summed E-state index contributed by atoms with van der Waals surface area (Å²) in [6.07, 6.45) is 3.73. The van der Waals surface area contributed by atoms with Crippen LogP contribution in [0.25, 0.3) is 0 Å². The van der Waals surface area contributed by atoms with E-state index >= 15 is 0 Å². The van der Waals surface area contributed by atoms with Gasteiger partial charge >= 0.3 is 0 Å². The molecule has 0 aliphatic rings. The topological polar surface area (TPSA) is 28.2 Å². The van der Waals surface area contributed by atoms with Crippen molar-refractivity contribution in [3.63, 3.8) is 0 Å². The van der Waals surface area contributed by atoms with Gasteiger partial charge in [0, 0.05) is 32.0 Å². The minimum absolute atomic E-state index is 0.922. The molecule has 0 fully saturated rings. The molecule has 0 radical (unpaired) electrons. The van der Waals surface area contributed by atoms with Crippen LogP contribution in [0.2, 0.25) is 0 Å². The summed E-state index contributed by atoms with van der Waals surface area (Å²) in [4.78, 5) is 6.44. The predicted octanol–water partition coefficient (Wildman–Crippen LogP) is 2.43. The SMILES string of the molecule is CNCc1ccc(CN(C)Cc2cccnc2)cc1. The molecule has 3 nitrogen and oxygen atoms in total. The lowest BCUT2D eigenvalue weighted by atomic mass is 10.1. The highest BCUT2D eigenvalue weighted by atomic mass is 15.1. The van der Waals surface area contributed by atoms with E-state index in [1.807, 2.05) is 25.5 Å². The highest BCUT2D eigenvalue weighted by molar-refractivity contribution is 5.22. The largest absolute Gasteiger partial charge is 0.316 e. The van der Waals surface area contributed by atoms with Gasteiger partial charge in [-0.25, -0.2) is 0 Å². The number of aromatic nitrogens is 1. The van der Waals surface area contributed by atoms with Gasteiger partial charge in [-0.05, 0) is 36.9 Å². The van der Waals surface area contributed by atoms with Crippen molar-refractivity contribution in [3.8, 4) is 0 Å². The molecule has 1 heterocycles. The van der Waals surface area contributed by atoms with Crippen LogP contribution < -0.4 is 5.32 Å². The third kappa shape index (κ3) is 4.47. The van der Waals surface area contributed by atoms with E-state index in [0.717, 1.165) is 19.6 Å². The van der Waals surface area contributed by atoms with Crippen molar-refractivity contribution in [3.05, 3.63) is 65.5 Å².